The second kappa shape index (κ2) is 31.7. The number of amides is 2. The van der Waals surface area contributed by atoms with Gasteiger partial charge in [0.1, 0.15) is 0 Å². The van der Waals surface area contributed by atoms with Gasteiger partial charge in [-0.2, -0.15) is 11.0 Å². The molecule has 0 heterocycles. The molecule has 40 heavy (non-hydrogen) atoms. The Morgan fingerprint density at radius 1 is 0.600 bits per heavy atom. The Kier molecular flexibility index (Phi) is 33.7. The third kappa shape index (κ3) is 30.7. The van der Waals surface area contributed by atoms with Crippen molar-refractivity contribution in [1.82, 2.24) is 32.2 Å². The van der Waals surface area contributed by atoms with Crippen LogP contribution in [0.3, 0.4) is 0 Å². The summed E-state index contributed by atoms with van der Waals surface area (Å²) in [5.74, 6) is -1.23. The van der Waals surface area contributed by atoms with Crippen LogP contribution < -0.4 is 32.2 Å². The zero-order valence-electron chi connectivity index (χ0n) is 23.4. The van der Waals surface area contributed by atoms with Gasteiger partial charge in [0.05, 0.1) is 65.6 Å². The van der Waals surface area contributed by atoms with Gasteiger partial charge in [0, 0.05) is 26.2 Å². The van der Waals surface area contributed by atoms with Crippen LogP contribution >= 0.6 is 24.8 Å². The Balaban J connectivity index is -0.00000684. The van der Waals surface area contributed by atoms with Crippen LogP contribution in [-0.4, -0.2) is 123 Å². The van der Waals surface area contributed by atoms with Crippen molar-refractivity contribution in [2.24, 2.45) is 0 Å². The van der Waals surface area contributed by atoms with Crippen LogP contribution in [-0.2, 0) is 47.8 Å². The first kappa shape index (κ1) is 42.6. The third-order valence-corrected chi connectivity index (χ3v) is 4.21. The van der Waals surface area contributed by atoms with Crippen molar-refractivity contribution in [3.63, 3.8) is 0 Å². The topological polar surface area (TPSA) is 196 Å². The Labute approximate surface area is 247 Å². The van der Waals surface area contributed by atoms with Crippen LogP contribution in [0.1, 0.15) is 19.8 Å². The van der Waals surface area contributed by atoms with Gasteiger partial charge in [0.2, 0.25) is 11.8 Å². The molecule has 238 valence electrons. The van der Waals surface area contributed by atoms with Crippen molar-refractivity contribution >= 4 is 48.6 Å². The molecule has 0 aliphatic carbocycles. The van der Waals surface area contributed by atoms with Crippen LogP contribution in [0.25, 0.3) is 0 Å². The Bertz CT molecular complexity index is 603. The third-order valence-electron chi connectivity index (χ3n) is 4.21. The van der Waals surface area contributed by atoms with E-state index in [4.69, 9.17) is 28.6 Å². The maximum atomic E-state index is 11.6. The quantitative estimate of drug-likeness (QED) is 0.0344. The first-order valence-electron chi connectivity index (χ1n) is 12.4. The van der Waals surface area contributed by atoms with E-state index in [1.807, 2.05) is 0 Å². The van der Waals surface area contributed by atoms with E-state index in [2.05, 4.69) is 32.2 Å². The number of rotatable bonds is 26. The fourth-order valence-electron chi connectivity index (χ4n) is 2.43. The van der Waals surface area contributed by atoms with Crippen LogP contribution in [0.2, 0.25) is 0 Å². The van der Waals surface area contributed by atoms with Crippen LogP contribution in [0.15, 0.2) is 0 Å². The van der Waals surface area contributed by atoms with Crippen molar-refractivity contribution in [2.75, 3.05) is 93.0 Å². The van der Waals surface area contributed by atoms with Crippen molar-refractivity contribution in [3.05, 3.63) is 0 Å². The van der Waals surface area contributed by atoms with Gasteiger partial charge in [-0.15, -0.1) is 24.8 Å². The number of carbonyl (C=O) groups excluding carboxylic acids is 4. The highest BCUT2D eigenvalue weighted by Crippen LogP contribution is 1.95. The van der Waals surface area contributed by atoms with E-state index < -0.39 is 18.2 Å². The number of hydrogen-bond donors (Lipinski definition) is 6. The number of nitrogens with one attached hydrogen (secondary N) is 6. The van der Waals surface area contributed by atoms with Crippen molar-refractivity contribution in [3.8, 4) is 0 Å². The maximum Gasteiger partial charge on any atom is 0.327 e. The predicted octanol–water partition coefficient (Wildman–Crippen LogP) is -2.21. The molecule has 0 aromatic rings. The van der Waals surface area contributed by atoms with E-state index in [-0.39, 0.29) is 102 Å². The van der Waals surface area contributed by atoms with Gasteiger partial charge in [-0.05, 0) is 21.0 Å². The highest BCUT2D eigenvalue weighted by atomic mass is 35.5. The predicted molar refractivity (Wildman–Crippen MR) is 149 cm³/mol. The van der Waals surface area contributed by atoms with Gasteiger partial charge in [-0.25, -0.2) is 0 Å². The average molecular weight is 626 g/mol. The van der Waals surface area contributed by atoms with Gasteiger partial charge < -0.3 is 49.9 Å². The summed E-state index contributed by atoms with van der Waals surface area (Å²) in [5, 5.41) is 10.7. The minimum atomic E-state index is -0.479. The van der Waals surface area contributed by atoms with Gasteiger partial charge in [0.25, 0.3) is 0 Å². The number of halogens is 2. The molecule has 0 saturated carbocycles. The Hall–Kier alpha value is -1.86. The molecule has 2 amide bonds. The molecule has 0 aromatic heterocycles. The Morgan fingerprint density at radius 2 is 1.00 bits per heavy atom. The van der Waals surface area contributed by atoms with Gasteiger partial charge in [0.15, 0.2) is 6.29 Å². The molecule has 0 fully saturated rings. The summed E-state index contributed by atoms with van der Waals surface area (Å²) >= 11 is 0. The molecule has 0 aliphatic heterocycles. The van der Waals surface area contributed by atoms with Crippen molar-refractivity contribution in [1.29, 1.82) is 0 Å². The molecule has 0 saturated heterocycles. The molecule has 18 heteroatoms. The highest BCUT2D eigenvalue weighted by Gasteiger charge is 2.06. The summed E-state index contributed by atoms with van der Waals surface area (Å²) in [7, 11) is 3.35. The second-order valence-corrected chi connectivity index (χ2v) is 7.53. The molecule has 0 rings (SSSR count). The number of carbonyl (C=O) groups is 4. The summed E-state index contributed by atoms with van der Waals surface area (Å²) in [4.78, 5) is 55.2. The highest BCUT2D eigenvalue weighted by molar-refractivity contribution is 5.85. The SMILES string of the molecule is CNCC(=O)NCCNOC(=O)CCOCCOC(C)OCCOCCC(=O)ONCCNC(=O)CNC.Cl.Cl. The second-order valence-electron chi connectivity index (χ2n) is 7.53. The van der Waals surface area contributed by atoms with Gasteiger partial charge in [-0.3, -0.25) is 19.2 Å². The summed E-state index contributed by atoms with van der Waals surface area (Å²) in [5.41, 5.74) is 4.95. The van der Waals surface area contributed by atoms with Crippen LogP contribution in [0.4, 0.5) is 0 Å². The summed E-state index contributed by atoms with van der Waals surface area (Å²) in [6.07, 6.45) is -0.338. The molecular formula is C22H46Cl2N6O10. The summed E-state index contributed by atoms with van der Waals surface area (Å²) < 4.78 is 21.5. The normalized spacial score (nSPS) is 10.3. The molecule has 0 radical (unpaired) electrons. The molecule has 0 aliphatic rings. The maximum absolute atomic E-state index is 11.6. The summed E-state index contributed by atoms with van der Waals surface area (Å²) in [6, 6.07) is 0. The Morgan fingerprint density at radius 3 is 1.38 bits per heavy atom. The lowest BCUT2D eigenvalue weighted by molar-refractivity contribution is -0.156. The largest absolute Gasteiger partial charge is 0.378 e. The van der Waals surface area contributed by atoms with E-state index in [9.17, 15) is 19.2 Å². The van der Waals surface area contributed by atoms with Crippen LogP contribution in [0, 0.1) is 0 Å². The minimum absolute atomic E-state index is 0. The number of likely N-dealkylation sites (N-methyl/N-ethyl adjacent to an activating group) is 2. The van der Waals surface area contributed by atoms with E-state index in [1.165, 1.54) is 0 Å². The minimum Gasteiger partial charge on any atom is -0.378 e. The molecule has 0 unspecified atom stereocenters. The van der Waals surface area contributed by atoms with E-state index in [0.717, 1.165) is 0 Å². The summed E-state index contributed by atoms with van der Waals surface area (Å²) in [6.45, 7) is 4.91. The molecule has 0 aromatic carbocycles. The first-order valence-corrected chi connectivity index (χ1v) is 12.4. The van der Waals surface area contributed by atoms with Gasteiger partial charge >= 0.3 is 11.9 Å². The fraction of sp³-hybridized carbons (Fsp3) is 0.818. The molecule has 0 atom stereocenters. The zero-order valence-corrected chi connectivity index (χ0v) is 25.0. The smallest absolute Gasteiger partial charge is 0.327 e. The van der Waals surface area contributed by atoms with E-state index in [0.29, 0.717) is 26.2 Å². The monoisotopic (exact) mass is 624 g/mol. The van der Waals surface area contributed by atoms with Crippen molar-refractivity contribution < 1.29 is 47.8 Å². The van der Waals surface area contributed by atoms with Crippen molar-refractivity contribution in [2.45, 2.75) is 26.1 Å². The first-order chi connectivity index (χ1) is 18.4. The number of hydrogen-bond acceptors (Lipinski definition) is 14. The molecule has 6 N–H and O–H groups in total. The average Bonchev–Trinajstić information content (AvgIpc) is 2.88. The molecule has 0 spiro atoms. The lowest BCUT2D eigenvalue weighted by Crippen LogP contribution is -2.37. The van der Waals surface area contributed by atoms with E-state index >= 15 is 0 Å². The standard InChI is InChI=1S/C22H44N6O10.2ClH/c1-18(35-14-12-33-10-4-21(31)37-27-8-6-25-19(29)16-23-2)36-15-13-34-11-5-22(32)38-28-9-7-26-20(30)17-24-3;;/h18,23-24,27-28H,4-17H2,1-3H3,(H,25,29)(H,26,30);2*1H. The fourth-order valence-corrected chi connectivity index (χ4v) is 2.43. The molecule has 16 nitrogen and oxygen atoms in total. The van der Waals surface area contributed by atoms with E-state index in [1.54, 1.807) is 21.0 Å². The molecule has 0 bridgehead atoms. The molecular weight excluding hydrogens is 579 g/mol. The lowest BCUT2D eigenvalue weighted by atomic mass is 10.5. The van der Waals surface area contributed by atoms with Gasteiger partial charge in [-0.1, -0.05) is 0 Å². The number of ether oxygens (including phenoxy) is 4. The zero-order chi connectivity index (χ0) is 28.3. The van der Waals surface area contributed by atoms with Crippen LogP contribution in [0.5, 0.6) is 0 Å². The number of hydroxylamine groups is 2. The lowest BCUT2D eigenvalue weighted by Gasteiger charge is -2.14.